The monoisotopic (exact) mass is 262 g/mol. The van der Waals surface area contributed by atoms with Crippen LogP contribution in [-0.2, 0) is 4.79 Å². The number of carbonyl (C=O) groups is 1. The van der Waals surface area contributed by atoms with E-state index in [-0.39, 0.29) is 0 Å². The van der Waals surface area contributed by atoms with E-state index in [2.05, 4.69) is 24.5 Å². The van der Waals surface area contributed by atoms with Gasteiger partial charge in [0.05, 0.1) is 0 Å². The second-order valence-electron chi connectivity index (χ2n) is 7.56. The van der Waals surface area contributed by atoms with Gasteiger partial charge in [-0.05, 0) is 68.7 Å². The molecule has 0 aromatic carbocycles. The number of amides is 1. The predicted molar refractivity (Wildman–Crippen MR) is 74.5 cm³/mol. The van der Waals surface area contributed by atoms with Crippen LogP contribution in [0.15, 0.2) is 0 Å². The summed E-state index contributed by atoms with van der Waals surface area (Å²) in [6.45, 7) is 5.57. The van der Waals surface area contributed by atoms with Crippen LogP contribution in [0.2, 0.25) is 0 Å². The van der Waals surface area contributed by atoms with Crippen LogP contribution in [0.3, 0.4) is 0 Å². The van der Waals surface area contributed by atoms with E-state index < -0.39 is 0 Å². The molecule has 1 heterocycles. The number of nitrogens with one attached hydrogen (secondary N) is 2. The van der Waals surface area contributed by atoms with Crippen molar-refractivity contribution in [1.29, 1.82) is 0 Å². The number of hydrogen-bond donors (Lipinski definition) is 2. The lowest BCUT2D eigenvalue weighted by molar-refractivity contribution is -0.124. The van der Waals surface area contributed by atoms with Gasteiger partial charge in [-0.2, -0.15) is 0 Å². The molecular weight excluding hydrogens is 236 g/mol. The fourth-order valence-corrected chi connectivity index (χ4v) is 5.54. The van der Waals surface area contributed by atoms with Crippen molar-refractivity contribution in [1.82, 2.24) is 10.6 Å². The Balaban J connectivity index is 1.40. The lowest BCUT2D eigenvalue weighted by Crippen LogP contribution is -2.56. The molecule has 1 amide bonds. The highest BCUT2D eigenvalue weighted by Crippen LogP contribution is 2.69. The summed E-state index contributed by atoms with van der Waals surface area (Å²) in [6, 6.07) is 0.753. The summed E-state index contributed by atoms with van der Waals surface area (Å²) in [5, 5.41) is 6.87. The molecule has 3 aliphatic carbocycles. The van der Waals surface area contributed by atoms with Crippen LogP contribution in [0.1, 0.15) is 39.5 Å². The summed E-state index contributed by atoms with van der Waals surface area (Å²) in [4.78, 5) is 12.6. The molecule has 7 atom stereocenters. The van der Waals surface area contributed by atoms with Gasteiger partial charge in [-0.25, -0.2) is 0 Å². The number of fused-ring (bicyclic) bond motifs is 5. The number of carbonyl (C=O) groups excluding carboxylic acids is 1. The third-order valence-corrected chi connectivity index (χ3v) is 6.56. The van der Waals surface area contributed by atoms with Crippen LogP contribution in [-0.4, -0.2) is 24.5 Å². The zero-order valence-corrected chi connectivity index (χ0v) is 12.1. The maximum Gasteiger partial charge on any atom is 0.223 e. The van der Waals surface area contributed by atoms with Crippen molar-refractivity contribution in [2.24, 2.45) is 35.5 Å². The van der Waals surface area contributed by atoms with Gasteiger partial charge < -0.3 is 10.6 Å². The third kappa shape index (κ3) is 1.77. The van der Waals surface area contributed by atoms with Gasteiger partial charge in [-0.15, -0.1) is 0 Å². The van der Waals surface area contributed by atoms with Crippen LogP contribution in [0, 0.1) is 35.5 Å². The van der Waals surface area contributed by atoms with Crippen molar-refractivity contribution < 1.29 is 4.79 Å². The van der Waals surface area contributed by atoms with Gasteiger partial charge in [0.1, 0.15) is 0 Å². The van der Waals surface area contributed by atoms with E-state index in [1.165, 1.54) is 25.7 Å². The second-order valence-corrected chi connectivity index (χ2v) is 7.56. The van der Waals surface area contributed by atoms with Crippen molar-refractivity contribution in [3.05, 3.63) is 0 Å². The summed E-state index contributed by atoms with van der Waals surface area (Å²) in [5.41, 5.74) is 0. The zero-order valence-electron chi connectivity index (χ0n) is 12.1. The Labute approximate surface area is 115 Å². The molecule has 106 valence electrons. The molecular formula is C16H26N2O. The van der Waals surface area contributed by atoms with Crippen molar-refractivity contribution in [3.8, 4) is 0 Å². The van der Waals surface area contributed by atoms with Gasteiger partial charge in [0.25, 0.3) is 0 Å². The first-order valence-electron chi connectivity index (χ1n) is 8.20. The first kappa shape index (κ1) is 12.2. The molecule has 2 N–H and O–H groups in total. The molecule has 0 spiro atoms. The average Bonchev–Trinajstić information content (AvgIpc) is 2.83. The van der Waals surface area contributed by atoms with Gasteiger partial charge in [0.15, 0.2) is 0 Å². The Morgan fingerprint density at radius 2 is 1.79 bits per heavy atom. The number of rotatable bonds is 2. The zero-order chi connectivity index (χ0) is 13.1. The Morgan fingerprint density at radius 1 is 1.11 bits per heavy atom. The van der Waals surface area contributed by atoms with E-state index >= 15 is 0 Å². The summed E-state index contributed by atoms with van der Waals surface area (Å²) < 4.78 is 0. The van der Waals surface area contributed by atoms with Crippen LogP contribution < -0.4 is 10.6 Å². The largest absolute Gasteiger partial charge is 0.351 e. The van der Waals surface area contributed by atoms with Crippen molar-refractivity contribution in [2.45, 2.75) is 51.6 Å². The smallest absolute Gasteiger partial charge is 0.223 e. The molecule has 3 nitrogen and oxygen atoms in total. The maximum atomic E-state index is 12.6. The van der Waals surface area contributed by atoms with E-state index in [0.29, 0.717) is 29.8 Å². The van der Waals surface area contributed by atoms with Crippen molar-refractivity contribution >= 4 is 5.91 Å². The fourth-order valence-electron chi connectivity index (χ4n) is 5.54. The molecule has 3 saturated carbocycles. The highest BCUT2D eigenvalue weighted by Gasteiger charge is 2.67. The van der Waals surface area contributed by atoms with Crippen molar-refractivity contribution in [3.63, 3.8) is 0 Å². The molecule has 4 fully saturated rings. The Hall–Kier alpha value is -0.570. The first-order valence-corrected chi connectivity index (χ1v) is 8.20. The minimum absolute atomic E-state index is 0.334. The van der Waals surface area contributed by atoms with E-state index in [1.54, 1.807) is 0 Å². The quantitative estimate of drug-likeness (QED) is 0.796. The van der Waals surface area contributed by atoms with Crippen molar-refractivity contribution in [2.75, 3.05) is 6.54 Å². The molecule has 4 rings (SSSR count). The highest BCUT2D eigenvalue weighted by atomic mass is 16.2. The Bertz CT molecular complexity index is 370. The lowest BCUT2D eigenvalue weighted by atomic mass is 9.88. The molecule has 7 unspecified atom stereocenters. The summed E-state index contributed by atoms with van der Waals surface area (Å²) in [5.74, 6) is 4.68. The fraction of sp³-hybridized carbons (Fsp3) is 0.938. The van der Waals surface area contributed by atoms with Gasteiger partial charge >= 0.3 is 0 Å². The maximum absolute atomic E-state index is 12.6. The molecule has 4 aliphatic rings. The van der Waals surface area contributed by atoms with E-state index in [9.17, 15) is 4.79 Å². The molecule has 2 bridgehead atoms. The van der Waals surface area contributed by atoms with Gasteiger partial charge in [-0.1, -0.05) is 6.92 Å². The lowest BCUT2D eigenvalue weighted by Gasteiger charge is -2.36. The predicted octanol–water partition coefficient (Wildman–Crippen LogP) is 1.78. The topological polar surface area (TPSA) is 41.1 Å². The normalized spacial score (nSPS) is 54.8. The van der Waals surface area contributed by atoms with Gasteiger partial charge in [0, 0.05) is 18.0 Å². The second kappa shape index (κ2) is 4.21. The minimum Gasteiger partial charge on any atom is -0.351 e. The molecule has 3 heteroatoms. The first-order chi connectivity index (χ1) is 9.16. The molecule has 0 aromatic rings. The third-order valence-electron chi connectivity index (χ3n) is 6.56. The minimum atomic E-state index is 0.334. The summed E-state index contributed by atoms with van der Waals surface area (Å²) in [6.07, 6.45) is 5.40. The average molecular weight is 262 g/mol. The van der Waals surface area contributed by atoms with Crippen LogP contribution in [0.4, 0.5) is 0 Å². The summed E-state index contributed by atoms with van der Waals surface area (Å²) >= 11 is 0. The molecule has 1 saturated heterocycles. The van der Waals surface area contributed by atoms with Crippen LogP contribution in [0.25, 0.3) is 0 Å². The summed E-state index contributed by atoms with van der Waals surface area (Å²) in [7, 11) is 0. The number of piperidine rings is 1. The van der Waals surface area contributed by atoms with E-state index in [1.807, 2.05) is 0 Å². The standard InChI is InChI=1S/C16H26N2O/c1-8-5-6-17-9(2)15(8)18-16(19)14-12-10-3-4-11(7-10)13(12)14/h8-15,17H,3-7H2,1-2H3,(H,18,19). The molecule has 1 aliphatic heterocycles. The molecule has 0 aromatic heterocycles. The molecule has 0 radical (unpaired) electrons. The Morgan fingerprint density at radius 3 is 2.42 bits per heavy atom. The van der Waals surface area contributed by atoms with E-state index in [4.69, 9.17) is 0 Å². The van der Waals surface area contributed by atoms with E-state index in [0.717, 1.165) is 30.2 Å². The van der Waals surface area contributed by atoms with Crippen LogP contribution >= 0.6 is 0 Å². The molecule has 19 heavy (non-hydrogen) atoms. The van der Waals surface area contributed by atoms with Gasteiger partial charge in [0.2, 0.25) is 5.91 Å². The van der Waals surface area contributed by atoms with Crippen LogP contribution in [0.5, 0.6) is 0 Å². The highest BCUT2D eigenvalue weighted by molar-refractivity contribution is 5.83. The number of hydrogen-bond acceptors (Lipinski definition) is 2. The SMILES string of the molecule is CC1CCNC(C)C1NC(=O)C1C2C3CCC(C3)C12. The van der Waals surface area contributed by atoms with Gasteiger partial charge in [-0.3, -0.25) is 4.79 Å². The Kier molecular flexibility index (Phi) is 2.70.